The quantitative estimate of drug-likeness (QED) is 0.0697. The smallest absolute Gasteiger partial charge is 0.408 e. The van der Waals surface area contributed by atoms with Gasteiger partial charge in [0, 0.05) is 45.6 Å². The van der Waals surface area contributed by atoms with E-state index in [1.54, 1.807) is 141 Å². The Bertz CT molecular complexity index is 2720. The number of amides is 10. The van der Waals surface area contributed by atoms with Gasteiger partial charge in [0.05, 0.1) is 6.10 Å². The van der Waals surface area contributed by atoms with Crippen molar-refractivity contribution in [2.45, 2.75) is 207 Å². The highest BCUT2D eigenvalue weighted by Crippen LogP contribution is 2.30. The fraction of sp³-hybridized carbons (Fsp3) is 0.627. The maximum absolute atomic E-state index is 14.7. The van der Waals surface area contributed by atoms with Crippen molar-refractivity contribution in [1.29, 1.82) is 0 Å². The van der Waals surface area contributed by atoms with Crippen LogP contribution in [0.25, 0.3) is 11.1 Å². The predicted molar refractivity (Wildman–Crippen MR) is 316 cm³/mol. The Balaban J connectivity index is 2.03. The molecule has 0 fully saturated rings. The normalized spacial score (nSPS) is 16.9. The fourth-order valence-corrected chi connectivity index (χ4v) is 8.03. The molecule has 1 heterocycles. The molecule has 12 N–H and O–H groups in total. The van der Waals surface area contributed by atoms with Crippen molar-refractivity contribution >= 4 is 60.0 Å². The summed E-state index contributed by atoms with van der Waals surface area (Å²) < 4.78 is 26.8. The second-order valence-corrected chi connectivity index (χ2v) is 25.8. The molecule has 1 aliphatic heterocycles. The van der Waals surface area contributed by atoms with Crippen LogP contribution < -0.4 is 53.2 Å². The Morgan fingerprint density at radius 3 is 1.60 bits per heavy atom. The molecule has 1 unspecified atom stereocenters. The van der Waals surface area contributed by atoms with Crippen molar-refractivity contribution in [2.24, 2.45) is 0 Å². The minimum atomic E-state index is -1.59. The summed E-state index contributed by atoms with van der Waals surface area (Å²) in [5, 5.41) is 47.4. The maximum Gasteiger partial charge on any atom is 0.408 e. The van der Waals surface area contributed by atoms with E-state index in [4.69, 9.17) is 23.7 Å². The molecule has 3 rings (SSSR count). The highest BCUT2D eigenvalue weighted by atomic mass is 16.6. The first-order valence-corrected chi connectivity index (χ1v) is 28.5. The van der Waals surface area contributed by atoms with E-state index in [0.717, 1.165) is 0 Å². The van der Waals surface area contributed by atoms with Gasteiger partial charge < -0.3 is 87.1 Å². The van der Waals surface area contributed by atoms with Crippen molar-refractivity contribution in [3.63, 3.8) is 0 Å². The number of aliphatic hydroxyl groups excluding tert-OH is 1. The lowest BCUT2D eigenvalue weighted by molar-refractivity contribution is -0.133. The molecule has 86 heavy (non-hydrogen) atoms. The van der Waals surface area contributed by atoms with Gasteiger partial charge in [0.1, 0.15) is 64.0 Å². The molecule has 4 bridgehead atoms. The van der Waals surface area contributed by atoms with E-state index in [1.807, 2.05) is 0 Å². The number of nitrogens with one attached hydrogen (secondary N) is 10. The van der Waals surface area contributed by atoms with Gasteiger partial charge >= 0.3 is 30.5 Å². The lowest BCUT2D eigenvalue weighted by Crippen LogP contribution is -2.59. The molecular formula is C59H92N10O17. The zero-order valence-electron chi connectivity index (χ0n) is 52.5. The Hall–Kier alpha value is -8.10. The van der Waals surface area contributed by atoms with Crippen molar-refractivity contribution < 1.29 is 81.8 Å². The molecule has 27 heteroatoms. The number of fused-ring (bicyclic) bond motifs is 5. The van der Waals surface area contributed by atoms with Gasteiger partial charge in [-0.2, -0.15) is 0 Å². The van der Waals surface area contributed by atoms with Crippen LogP contribution in [0, 0.1) is 6.92 Å². The lowest BCUT2D eigenvalue weighted by Gasteiger charge is -2.27. The van der Waals surface area contributed by atoms with Crippen LogP contribution in [-0.4, -0.2) is 167 Å². The van der Waals surface area contributed by atoms with Crippen molar-refractivity contribution in [2.75, 3.05) is 32.7 Å². The summed E-state index contributed by atoms with van der Waals surface area (Å²) in [5.74, 6) is -4.48. The molecular weight excluding hydrogens is 1120 g/mol. The molecule has 0 radical (unpaired) electrons. The monoisotopic (exact) mass is 1210 g/mol. The van der Waals surface area contributed by atoms with E-state index in [0.29, 0.717) is 22.3 Å². The van der Waals surface area contributed by atoms with Crippen LogP contribution in [-0.2, 0) is 60.5 Å². The van der Waals surface area contributed by atoms with Crippen LogP contribution in [0.1, 0.15) is 140 Å². The third-order valence-corrected chi connectivity index (χ3v) is 11.8. The van der Waals surface area contributed by atoms with Gasteiger partial charge in [0.15, 0.2) is 0 Å². The Morgan fingerprint density at radius 1 is 0.547 bits per heavy atom. The fourth-order valence-electron chi connectivity index (χ4n) is 8.03. The van der Waals surface area contributed by atoms with Crippen LogP contribution in [0.2, 0.25) is 0 Å². The number of aliphatic hydroxyl groups is 1. The third-order valence-electron chi connectivity index (χ3n) is 11.8. The molecule has 2 aromatic carbocycles. The first-order chi connectivity index (χ1) is 39.5. The largest absolute Gasteiger partial charge is 0.508 e. The summed E-state index contributed by atoms with van der Waals surface area (Å²) in [6, 6.07) is 2.81. The van der Waals surface area contributed by atoms with Crippen LogP contribution in [0.15, 0.2) is 36.4 Å². The van der Waals surface area contributed by atoms with Gasteiger partial charge in [0.25, 0.3) is 0 Å². The van der Waals surface area contributed by atoms with E-state index in [9.17, 15) is 58.2 Å². The van der Waals surface area contributed by atoms with E-state index in [-0.39, 0.29) is 69.6 Å². The predicted octanol–water partition coefficient (Wildman–Crippen LogP) is 4.04. The topological polar surface area (TPSA) is 378 Å². The molecule has 0 saturated heterocycles. The highest BCUT2D eigenvalue weighted by molar-refractivity contribution is 5.95. The number of alkyl carbamates (subject to hydrolysis) is 5. The molecule has 2 aromatic rings. The Morgan fingerprint density at radius 2 is 1.03 bits per heavy atom. The lowest BCUT2D eigenvalue weighted by atomic mass is 9.93. The zero-order chi connectivity index (χ0) is 65.1. The number of phenols is 1. The van der Waals surface area contributed by atoms with Crippen molar-refractivity contribution in [3.05, 3.63) is 53.1 Å². The summed E-state index contributed by atoms with van der Waals surface area (Å²) in [5.41, 5.74) is -1.89. The first-order valence-electron chi connectivity index (χ1n) is 28.5. The van der Waals surface area contributed by atoms with E-state index in [2.05, 4.69) is 53.2 Å². The number of phenolic OH excluding ortho intramolecular Hbond substituents is 1. The maximum atomic E-state index is 14.7. The Labute approximate surface area is 503 Å². The van der Waals surface area contributed by atoms with E-state index >= 15 is 0 Å². The molecule has 10 amide bonds. The molecule has 0 spiro atoms. The van der Waals surface area contributed by atoms with Crippen LogP contribution in [0.4, 0.5) is 24.0 Å². The van der Waals surface area contributed by atoms with Crippen LogP contribution >= 0.6 is 0 Å². The van der Waals surface area contributed by atoms with Crippen molar-refractivity contribution in [3.8, 4) is 16.9 Å². The molecule has 0 saturated carbocycles. The van der Waals surface area contributed by atoms with Crippen LogP contribution in [0.5, 0.6) is 5.75 Å². The average molecular weight is 1210 g/mol. The highest BCUT2D eigenvalue weighted by Gasteiger charge is 2.34. The number of hydrogen-bond acceptors (Lipinski definition) is 17. The molecule has 27 nitrogen and oxygen atoms in total. The molecule has 0 aliphatic carbocycles. The van der Waals surface area contributed by atoms with Gasteiger partial charge in [-0.25, -0.2) is 24.0 Å². The molecule has 1 aliphatic rings. The number of ether oxygens (including phenoxy) is 5. The second-order valence-electron chi connectivity index (χ2n) is 25.8. The number of carbonyl (C=O) groups is 10. The first kappa shape index (κ1) is 72.2. The zero-order valence-corrected chi connectivity index (χ0v) is 52.5. The number of carbonyl (C=O) groups excluding carboxylic acids is 10. The number of aromatic hydroxyl groups is 1. The van der Waals surface area contributed by atoms with E-state index in [1.165, 1.54) is 6.07 Å². The third kappa shape index (κ3) is 28.2. The molecule has 6 atom stereocenters. The number of aryl methyl sites for hydroxylation is 1. The second kappa shape index (κ2) is 31.3. The van der Waals surface area contributed by atoms with Crippen molar-refractivity contribution in [1.82, 2.24) is 53.2 Å². The van der Waals surface area contributed by atoms with Gasteiger partial charge in [-0.15, -0.1) is 0 Å². The van der Waals surface area contributed by atoms with Gasteiger partial charge in [-0.1, -0.05) is 24.3 Å². The summed E-state index contributed by atoms with van der Waals surface area (Å²) in [6.45, 7) is 24.6. The summed E-state index contributed by atoms with van der Waals surface area (Å²) in [7, 11) is 0. The van der Waals surface area contributed by atoms with E-state index < -0.39 is 131 Å². The standard InChI is InChI=1S/C59H92N10O17/c1-33-19-20-34-26-36(33)28-41(66-48(75)39(18-17-24-61-50(77)82-55(2,3)4)65-49(76)42(68-53(80)85-58(11,12)13)29-37-27-35(34)21-22-44(37)71)46(73)63-32-43(69-54(81)86-59(14,15)16)47(74)60-25-23-40(67-52(79)84-57(8,9)10)45(72)62-30-38(70)31-64-51(78)83-56(5,6)7/h19-22,26-27,38-43,70-71H,17-18,23-25,28-32H2,1-16H3,(H,60,74)(H,61,77)(H,62,72)(H,63,73)(H,64,78)(H,65,76)(H,66,75)(H,67,79)(H,68,80)(H,69,81)/t38?,39-,40-,41-,42-,43-/m0/s1. The SMILES string of the molecule is Cc1ccc2cc1C[C@@H](C(=O)NC[C@H](NC(=O)OC(C)(C)C)C(=O)NCC[C@H](NC(=O)OC(C)(C)C)C(=O)NCC(O)CNC(=O)OC(C)(C)C)NC(=O)[C@H](CCCNC(=O)OC(C)(C)C)NC(=O)[C@@H](NC(=O)OC(C)(C)C)Cc1cc-2ccc1O. The summed E-state index contributed by atoms with van der Waals surface area (Å²) >= 11 is 0. The minimum Gasteiger partial charge on any atom is -0.508 e. The Kier molecular flexibility index (Phi) is 26.3. The summed E-state index contributed by atoms with van der Waals surface area (Å²) in [4.78, 5) is 136. The molecule has 0 aromatic heterocycles. The van der Waals surface area contributed by atoms with Gasteiger partial charge in [-0.05, 0) is 170 Å². The minimum absolute atomic E-state index is 0.0201. The summed E-state index contributed by atoms with van der Waals surface area (Å²) in [6.07, 6.45) is -6.60. The number of hydrogen-bond donors (Lipinski definition) is 12. The number of benzene rings is 2. The van der Waals surface area contributed by atoms with Gasteiger partial charge in [-0.3, -0.25) is 24.0 Å². The van der Waals surface area contributed by atoms with Crippen LogP contribution in [0.3, 0.4) is 0 Å². The number of rotatable bonds is 19. The average Bonchev–Trinajstić information content (AvgIpc) is 3.26. The molecule has 480 valence electrons. The van der Waals surface area contributed by atoms with Gasteiger partial charge in [0.2, 0.25) is 29.5 Å².